The van der Waals surface area contributed by atoms with Gasteiger partial charge < -0.3 is 14.5 Å². The van der Waals surface area contributed by atoms with E-state index in [1.54, 1.807) is 11.0 Å². The van der Waals surface area contributed by atoms with Crippen LogP contribution in [-0.4, -0.2) is 45.8 Å². The maximum Gasteiger partial charge on any atom is 0.259 e. The zero-order chi connectivity index (χ0) is 21.3. The number of halogens is 1. The lowest BCUT2D eigenvalue weighted by atomic mass is 9.81. The number of amides is 1. The lowest BCUT2D eigenvalue weighted by molar-refractivity contribution is -0.128. The Labute approximate surface area is 180 Å². The molecule has 30 heavy (non-hydrogen) atoms. The average Bonchev–Trinajstić information content (AvgIpc) is 3.41. The standard InChI is InChI=1S/C23H24ClN3O3/c1-3-6-17(21-25-22(30-26-21)18-7-4-5-8-19(18)24)16-9-10-23(15(16)2)13-20(29)27(14-23)11-12-28/h3-8,28H,2,9-14H2,1H3/b6-3-,17-16+/t23-/m0/s1. The molecule has 0 radical (unpaired) electrons. The first-order valence-corrected chi connectivity index (χ1v) is 10.4. The van der Waals surface area contributed by atoms with E-state index in [0.717, 1.165) is 29.6 Å². The van der Waals surface area contributed by atoms with Crippen molar-refractivity contribution in [1.29, 1.82) is 0 Å². The maximum atomic E-state index is 12.4. The summed E-state index contributed by atoms with van der Waals surface area (Å²) in [6.07, 6.45) is 5.95. The third-order valence-corrected chi connectivity index (χ3v) is 6.32. The van der Waals surface area contributed by atoms with E-state index in [1.165, 1.54) is 0 Å². The van der Waals surface area contributed by atoms with Crippen molar-refractivity contribution in [3.8, 4) is 11.5 Å². The minimum absolute atomic E-state index is 0.0332. The van der Waals surface area contributed by atoms with Crippen LogP contribution in [0.25, 0.3) is 17.0 Å². The molecule has 1 saturated heterocycles. The molecule has 0 unspecified atom stereocenters. The summed E-state index contributed by atoms with van der Waals surface area (Å²) in [7, 11) is 0. The monoisotopic (exact) mass is 425 g/mol. The molecule has 2 aliphatic rings. The van der Waals surface area contributed by atoms with Gasteiger partial charge >= 0.3 is 0 Å². The molecule has 2 heterocycles. The molecule has 1 aliphatic carbocycles. The fourth-order valence-corrected chi connectivity index (χ4v) is 4.66. The largest absolute Gasteiger partial charge is 0.395 e. The summed E-state index contributed by atoms with van der Waals surface area (Å²) in [6, 6.07) is 7.34. The van der Waals surface area contributed by atoms with Gasteiger partial charge in [-0.15, -0.1) is 0 Å². The van der Waals surface area contributed by atoms with Gasteiger partial charge in [-0.1, -0.05) is 47.6 Å². The van der Waals surface area contributed by atoms with Crippen molar-refractivity contribution in [2.75, 3.05) is 19.7 Å². The minimum atomic E-state index is -0.288. The van der Waals surface area contributed by atoms with Gasteiger partial charge in [0.25, 0.3) is 5.89 Å². The zero-order valence-corrected chi connectivity index (χ0v) is 17.7. The van der Waals surface area contributed by atoms with E-state index < -0.39 is 0 Å². The van der Waals surface area contributed by atoms with Crippen molar-refractivity contribution in [2.45, 2.75) is 26.2 Å². The molecule has 156 valence electrons. The number of rotatable bonds is 5. The normalized spacial score (nSPS) is 23.4. The quantitative estimate of drug-likeness (QED) is 0.773. The molecule has 0 bridgehead atoms. The zero-order valence-electron chi connectivity index (χ0n) is 16.9. The lowest BCUT2D eigenvalue weighted by Gasteiger charge is -2.24. The first kappa shape index (κ1) is 20.6. The highest BCUT2D eigenvalue weighted by Crippen LogP contribution is 2.53. The van der Waals surface area contributed by atoms with Crippen LogP contribution in [0.15, 0.2) is 58.7 Å². The van der Waals surface area contributed by atoms with Crippen LogP contribution in [0, 0.1) is 5.41 Å². The summed E-state index contributed by atoms with van der Waals surface area (Å²) in [5, 5.41) is 14.0. The van der Waals surface area contributed by atoms with Crippen LogP contribution in [0.5, 0.6) is 0 Å². The summed E-state index contributed by atoms with van der Waals surface area (Å²) in [6.45, 7) is 7.22. The smallest absolute Gasteiger partial charge is 0.259 e. The average molecular weight is 426 g/mol. The Morgan fingerprint density at radius 3 is 2.97 bits per heavy atom. The first-order valence-electron chi connectivity index (χ1n) is 10.0. The van der Waals surface area contributed by atoms with Gasteiger partial charge in [0.2, 0.25) is 11.7 Å². The number of β-amino-alcohol motifs (C(OH)–C–C–N with tert-alkyl or cyclic N) is 1. The van der Waals surface area contributed by atoms with Crippen molar-refractivity contribution in [2.24, 2.45) is 5.41 Å². The molecule has 2 aromatic rings. The van der Waals surface area contributed by atoms with Crippen molar-refractivity contribution in [1.82, 2.24) is 15.0 Å². The summed E-state index contributed by atoms with van der Waals surface area (Å²) in [5.74, 6) is 0.911. The fourth-order valence-electron chi connectivity index (χ4n) is 4.44. The van der Waals surface area contributed by atoms with Gasteiger partial charge in [0.05, 0.1) is 17.2 Å². The first-order chi connectivity index (χ1) is 14.5. The summed E-state index contributed by atoms with van der Waals surface area (Å²) < 4.78 is 5.50. The van der Waals surface area contributed by atoms with Crippen molar-refractivity contribution >= 4 is 23.1 Å². The van der Waals surface area contributed by atoms with Gasteiger partial charge in [-0.2, -0.15) is 4.98 Å². The second kappa shape index (κ2) is 8.20. The molecule has 1 spiro atoms. The molecular weight excluding hydrogens is 402 g/mol. The van der Waals surface area contributed by atoms with Gasteiger partial charge in [-0.3, -0.25) is 4.79 Å². The maximum absolute atomic E-state index is 12.4. The topological polar surface area (TPSA) is 79.5 Å². The van der Waals surface area contributed by atoms with Crippen LogP contribution in [-0.2, 0) is 4.79 Å². The molecule has 1 saturated carbocycles. The third kappa shape index (κ3) is 3.50. The number of carbonyl (C=O) groups is 1. The van der Waals surface area contributed by atoms with Crippen LogP contribution in [0.4, 0.5) is 0 Å². The number of hydrogen-bond acceptors (Lipinski definition) is 5. The van der Waals surface area contributed by atoms with Crippen molar-refractivity contribution in [3.05, 3.63) is 65.0 Å². The molecule has 6 nitrogen and oxygen atoms in total. The number of benzene rings is 1. The number of allylic oxidation sites excluding steroid dienone is 4. The number of carbonyl (C=O) groups excluding carboxylic acids is 1. The molecule has 4 rings (SSSR count). The van der Waals surface area contributed by atoms with E-state index in [2.05, 4.69) is 16.7 Å². The molecule has 1 aromatic carbocycles. The second-order valence-electron chi connectivity index (χ2n) is 7.77. The Hall–Kier alpha value is -2.70. The van der Waals surface area contributed by atoms with Crippen LogP contribution < -0.4 is 0 Å². The van der Waals surface area contributed by atoms with Crippen molar-refractivity contribution in [3.63, 3.8) is 0 Å². The summed E-state index contributed by atoms with van der Waals surface area (Å²) in [5.41, 5.74) is 3.26. The number of likely N-dealkylation sites (tertiary alicyclic amines) is 1. The summed E-state index contributed by atoms with van der Waals surface area (Å²) >= 11 is 6.27. The number of nitrogens with zero attached hydrogens (tertiary/aromatic N) is 3. The SMILES string of the molecule is C=C1/C(=C(\C=C/C)c2noc(-c3ccccc3Cl)n2)CC[C@@]12CC(=O)N(CCO)C2. The number of hydrogen-bond donors (Lipinski definition) is 1. The Kier molecular flexibility index (Phi) is 5.62. The van der Waals surface area contributed by atoms with Crippen LogP contribution in [0.2, 0.25) is 5.02 Å². The molecule has 1 aliphatic heterocycles. The van der Waals surface area contributed by atoms with Crippen molar-refractivity contribution < 1.29 is 14.4 Å². The van der Waals surface area contributed by atoms with Gasteiger partial charge in [-0.05, 0) is 43.0 Å². The Morgan fingerprint density at radius 1 is 1.43 bits per heavy atom. The number of aliphatic hydroxyl groups is 1. The Morgan fingerprint density at radius 2 is 2.23 bits per heavy atom. The molecule has 2 fully saturated rings. The van der Waals surface area contributed by atoms with Gasteiger partial charge in [-0.25, -0.2) is 0 Å². The van der Waals surface area contributed by atoms with Crippen LogP contribution in [0.3, 0.4) is 0 Å². The minimum Gasteiger partial charge on any atom is -0.395 e. The van der Waals surface area contributed by atoms with Crippen LogP contribution >= 0.6 is 11.6 Å². The lowest BCUT2D eigenvalue weighted by Crippen LogP contribution is -2.30. The second-order valence-corrected chi connectivity index (χ2v) is 8.18. The molecule has 7 heteroatoms. The van der Waals surface area contributed by atoms with E-state index >= 15 is 0 Å². The number of aromatic nitrogens is 2. The van der Waals surface area contributed by atoms with Gasteiger partial charge in [0.15, 0.2) is 0 Å². The van der Waals surface area contributed by atoms with Gasteiger partial charge in [0.1, 0.15) is 0 Å². The molecule has 1 amide bonds. The highest BCUT2D eigenvalue weighted by atomic mass is 35.5. The molecular formula is C23H24ClN3O3. The summed E-state index contributed by atoms with van der Waals surface area (Å²) in [4.78, 5) is 18.7. The van der Waals surface area contributed by atoms with Gasteiger partial charge in [0, 0.05) is 30.5 Å². The molecule has 1 atom stereocenters. The van der Waals surface area contributed by atoms with E-state index in [0.29, 0.717) is 41.8 Å². The fraction of sp³-hybridized carbons (Fsp3) is 0.348. The Bertz CT molecular complexity index is 1060. The molecule has 1 N–H and O–H groups in total. The van der Waals surface area contributed by atoms with E-state index in [-0.39, 0.29) is 17.9 Å². The van der Waals surface area contributed by atoms with E-state index in [1.807, 2.05) is 37.3 Å². The predicted octanol–water partition coefficient (Wildman–Crippen LogP) is 4.28. The highest BCUT2D eigenvalue weighted by Gasteiger charge is 2.49. The third-order valence-electron chi connectivity index (χ3n) is 5.99. The van der Waals surface area contributed by atoms with Crippen LogP contribution in [0.1, 0.15) is 32.0 Å². The Balaban J connectivity index is 1.70. The van der Waals surface area contributed by atoms with E-state index in [4.69, 9.17) is 16.1 Å². The van der Waals surface area contributed by atoms with E-state index in [9.17, 15) is 9.90 Å². The molecule has 1 aromatic heterocycles. The predicted molar refractivity (Wildman–Crippen MR) is 116 cm³/mol. The highest BCUT2D eigenvalue weighted by molar-refractivity contribution is 6.33. The number of aliphatic hydroxyl groups excluding tert-OH is 1.